The fourth-order valence-electron chi connectivity index (χ4n) is 1.44. The second-order valence-corrected chi connectivity index (χ2v) is 3.50. The van der Waals surface area contributed by atoms with Crippen molar-refractivity contribution in [2.75, 3.05) is 12.8 Å². The van der Waals surface area contributed by atoms with E-state index in [2.05, 4.69) is 15.0 Å². The van der Waals surface area contributed by atoms with Gasteiger partial charge in [-0.3, -0.25) is 10.1 Å². The number of rotatable bonds is 3. The molecular formula is C10H9N5O4. The molecule has 2 aromatic rings. The Labute approximate surface area is 106 Å². The fourth-order valence-corrected chi connectivity index (χ4v) is 1.44. The Morgan fingerprint density at radius 1 is 1.42 bits per heavy atom. The maximum atomic E-state index is 11.3. The summed E-state index contributed by atoms with van der Waals surface area (Å²) in [4.78, 5) is 21.3. The minimum absolute atomic E-state index is 0.000651. The minimum Gasteiger partial charge on any atom is -0.464 e. The molecule has 0 atom stereocenters. The molecule has 0 fully saturated rings. The van der Waals surface area contributed by atoms with E-state index in [0.29, 0.717) is 5.69 Å². The number of carbonyl (C=O) groups excluding carboxylic acids is 1. The van der Waals surface area contributed by atoms with Gasteiger partial charge in [0.05, 0.1) is 17.7 Å². The number of benzene rings is 1. The Morgan fingerprint density at radius 2 is 2.05 bits per heavy atom. The molecule has 0 amide bonds. The summed E-state index contributed by atoms with van der Waals surface area (Å²) in [6.45, 7) is 0. The van der Waals surface area contributed by atoms with Crippen molar-refractivity contribution in [2.45, 2.75) is 0 Å². The third-order valence-corrected chi connectivity index (χ3v) is 2.39. The number of anilines is 1. The van der Waals surface area contributed by atoms with Gasteiger partial charge in [-0.2, -0.15) is 4.68 Å². The average molecular weight is 263 g/mol. The molecule has 0 aliphatic rings. The van der Waals surface area contributed by atoms with E-state index in [1.165, 1.54) is 36.1 Å². The van der Waals surface area contributed by atoms with Crippen LogP contribution in [0.5, 0.6) is 0 Å². The highest BCUT2D eigenvalue weighted by molar-refractivity contribution is 5.92. The fraction of sp³-hybridized carbons (Fsp3) is 0.100. The summed E-state index contributed by atoms with van der Waals surface area (Å²) < 4.78 is 5.68. The van der Waals surface area contributed by atoms with Gasteiger partial charge in [-0.15, -0.1) is 5.10 Å². The molecule has 9 heteroatoms. The first-order valence-electron chi connectivity index (χ1n) is 5.09. The molecule has 0 spiro atoms. The predicted octanol–water partition coefficient (Wildman–Crippen LogP) is 0.544. The summed E-state index contributed by atoms with van der Waals surface area (Å²) in [5, 5.41) is 17.8. The van der Waals surface area contributed by atoms with E-state index < -0.39 is 10.9 Å². The van der Waals surface area contributed by atoms with E-state index in [9.17, 15) is 14.9 Å². The van der Waals surface area contributed by atoms with Crippen LogP contribution in [0, 0.1) is 10.1 Å². The minimum atomic E-state index is -0.703. The number of nitro groups is 1. The van der Waals surface area contributed by atoms with Crippen molar-refractivity contribution in [3.63, 3.8) is 0 Å². The van der Waals surface area contributed by atoms with Crippen LogP contribution in [0.15, 0.2) is 24.3 Å². The Morgan fingerprint density at radius 3 is 2.58 bits per heavy atom. The number of nitrogens with zero attached hydrogens (tertiary/aromatic N) is 4. The van der Waals surface area contributed by atoms with Gasteiger partial charge in [0.15, 0.2) is 5.82 Å². The summed E-state index contributed by atoms with van der Waals surface area (Å²) >= 11 is 0. The van der Waals surface area contributed by atoms with Crippen molar-refractivity contribution in [3.8, 4) is 5.69 Å². The SMILES string of the molecule is COC(=O)c1nnn(-c2ccc([N+](=O)[O-])cc2)c1N. The molecule has 0 saturated carbocycles. The molecular weight excluding hydrogens is 254 g/mol. The number of esters is 1. The smallest absolute Gasteiger partial charge is 0.362 e. The molecule has 0 unspecified atom stereocenters. The Hall–Kier alpha value is -2.97. The second kappa shape index (κ2) is 4.72. The number of nitrogens with two attached hydrogens (primary N) is 1. The molecule has 9 nitrogen and oxygen atoms in total. The summed E-state index contributed by atoms with van der Waals surface area (Å²) in [6, 6.07) is 5.50. The number of aromatic nitrogens is 3. The molecule has 1 heterocycles. The Kier molecular flexibility index (Phi) is 3.10. The molecule has 0 aliphatic carbocycles. The molecule has 0 saturated heterocycles. The molecule has 98 valence electrons. The molecule has 0 aliphatic heterocycles. The van der Waals surface area contributed by atoms with Crippen LogP contribution in [-0.4, -0.2) is 33.0 Å². The highest BCUT2D eigenvalue weighted by Gasteiger charge is 2.19. The van der Waals surface area contributed by atoms with Crippen LogP contribution in [0.3, 0.4) is 0 Å². The zero-order chi connectivity index (χ0) is 14.0. The van der Waals surface area contributed by atoms with Gasteiger partial charge in [0, 0.05) is 12.1 Å². The monoisotopic (exact) mass is 263 g/mol. The number of carbonyl (C=O) groups is 1. The van der Waals surface area contributed by atoms with Crippen LogP contribution in [0.4, 0.5) is 11.5 Å². The first-order chi connectivity index (χ1) is 9.04. The van der Waals surface area contributed by atoms with Gasteiger partial charge in [0.2, 0.25) is 5.69 Å². The van der Waals surface area contributed by atoms with E-state index >= 15 is 0 Å². The normalized spacial score (nSPS) is 10.2. The van der Waals surface area contributed by atoms with Gasteiger partial charge in [0.1, 0.15) is 0 Å². The lowest BCUT2D eigenvalue weighted by molar-refractivity contribution is -0.384. The number of nitrogen functional groups attached to an aromatic ring is 1. The maximum Gasteiger partial charge on any atom is 0.362 e. The summed E-state index contributed by atoms with van der Waals surface area (Å²) in [7, 11) is 1.20. The third-order valence-electron chi connectivity index (χ3n) is 2.39. The van der Waals surface area contributed by atoms with Crippen molar-refractivity contribution in [1.29, 1.82) is 0 Å². The number of hydrogen-bond acceptors (Lipinski definition) is 7. The van der Waals surface area contributed by atoms with E-state index in [-0.39, 0.29) is 17.2 Å². The van der Waals surface area contributed by atoms with Crippen molar-refractivity contribution < 1.29 is 14.5 Å². The van der Waals surface area contributed by atoms with E-state index in [0.717, 1.165) is 0 Å². The molecule has 19 heavy (non-hydrogen) atoms. The van der Waals surface area contributed by atoms with Gasteiger partial charge in [-0.1, -0.05) is 5.21 Å². The molecule has 0 radical (unpaired) electrons. The third kappa shape index (κ3) is 2.20. The lowest BCUT2D eigenvalue weighted by Crippen LogP contribution is -2.07. The zero-order valence-electron chi connectivity index (χ0n) is 9.81. The Bertz CT molecular complexity index is 634. The van der Waals surface area contributed by atoms with Crippen LogP contribution in [-0.2, 0) is 4.74 Å². The Balaban J connectivity index is 2.40. The molecule has 2 N–H and O–H groups in total. The molecule has 0 bridgehead atoms. The quantitative estimate of drug-likeness (QED) is 0.486. The standard InChI is InChI=1S/C10H9N5O4/c1-19-10(16)8-9(11)14(13-12-8)6-2-4-7(5-3-6)15(17)18/h2-5H,11H2,1H3. The number of hydrogen-bond donors (Lipinski definition) is 1. The first kappa shape index (κ1) is 12.5. The van der Waals surface area contributed by atoms with Crippen LogP contribution in [0.2, 0.25) is 0 Å². The average Bonchev–Trinajstić information content (AvgIpc) is 2.80. The van der Waals surface area contributed by atoms with E-state index in [4.69, 9.17) is 5.73 Å². The highest BCUT2D eigenvalue weighted by atomic mass is 16.6. The van der Waals surface area contributed by atoms with E-state index in [1.54, 1.807) is 0 Å². The number of non-ortho nitro benzene ring substituents is 1. The topological polar surface area (TPSA) is 126 Å². The highest BCUT2D eigenvalue weighted by Crippen LogP contribution is 2.18. The maximum absolute atomic E-state index is 11.3. The van der Waals surface area contributed by atoms with Gasteiger partial charge >= 0.3 is 5.97 Å². The first-order valence-corrected chi connectivity index (χ1v) is 5.09. The number of methoxy groups -OCH3 is 1. The van der Waals surface area contributed by atoms with Crippen LogP contribution in [0.1, 0.15) is 10.5 Å². The van der Waals surface area contributed by atoms with E-state index in [1.807, 2.05) is 0 Å². The van der Waals surface area contributed by atoms with Crippen molar-refractivity contribution in [1.82, 2.24) is 15.0 Å². The largest absolute Gasteiger partial charge is 0.464 e. The van der Waals surface area contributed by atoms with Crippen LogP contribution >= 0.6 is 0 Å². The second-order valence-electron chi connectivity index (χ2n) is 3.50. The van der Waals surface area contributed by atoms with Crippen molar-refractivity contribution in [3.05, 3.63) is 40.1 Å². The zero-order valence-corrected chi connectivity index (χ0v) is 9.81. The summed E-state index contributed by atoms with van der Waals surface area (Å²) in [5.74, 6) is -0.702. The lowest BCUT2D eigenvalue weighted by Gasteiger charge is -2.02. The van der Waals surface area contributed by atoms with Gasteiger partial charge in [0.25, 0.3) is 5.69 Å². The number of nitro benzene ring substituents is 1. The summed E-state index contributed by atoms with van der Waals surface area (Å²) in [6.07, 6.45) is 0. The number of ether oxygens (including phenoxy) is 1. The van der Waals surface area contributed by atoms with Crippen molar-refractivity contribution >= 4 is 17.5 Å². The lowest BCUT2D eigenvalue weighted by atomic mass is 10.3. The molecule has 1 aromatic carbocycles. The predicted molar refractivity (Wildman–Crippen MR) is 63.8 cm³/mol. The van der Waals surface area contributed by atoms with Crippen LogP contribution < -0.4 is 5.73 Å². The molecule has 1 aromatic heterocycles. The molecule has 2 rings (SSSR count). The van der Waals surface area contributed by atoms with Crippen molar-refractivity contribution in [2.24, 2.45) is 0 Å². The van der Waals surface area contributed by atoms with Gasteiger partial charge in [-0.25, -0.2) is 4.79 Å². The van der Waals surface area contributed by atoms with Gasteiger partial charge in [-0.05, 0) is 12.1 Å². The van der Waals surface area contributed by atoms with Gasteiger partial charge < -0.3 is 10.5 Å². The van der Waals surface area contributed by atoms with Crippen LogP contribution in [0.25, 0.3) is 5.69 Å². The summed E-state index contributed by atoms with van der Waals surface area (Å²) in [5.41, 5.74) is 5.99.